The summed E-state index contributed by atoms with van der Waals surface area (Å²) in [7, 11) is 1.67. The normalized spacial score (nSPS) is 27.5. The molecule has 0 amide bonds. The van der Waals surface area contributed by atoms with Gasteiger partial charge in [0.25, 0.3) is 0 Å². The Kier molecular flexibility index (Phi) is 5.02. The van der Waals surface area contributed by atoms with Crippen molar-refractivity contribution in [1.82, 2.24) is 5.32 Å². The molecule has 0 aliphatic carbocycles. The van der Waals surface area contributed by atoms with Crippen molar-refractivity contribution in [2.75, 3.05) is 20.3 Å². The summed E-state index contributed by atoms with van der Waals surface area (Å²) in [5, 5.41) is 14.0. The Labute approximate surface area is 121 Å². The van der Waals surface area contributed by atoms with E-state index in [2.05, 4.69) is 24.4 Å². The lowest BCUT2D eigenvalue weighted by Gasteiger charge is -2.29. The third kappa shape index (κ3) is 3.32. The molecule has 1 aliphatic heterocycles. The number of aliphatic hydroxyl groups is 1. The van der Waals surface area contributed by atoms with E-state index in [9.17, 15) is 5.11 Å². The van der Waals surface area contributed by atoms with Gasteiger partial charge in [-0.15, -0.1) is 0 Å². The summed E-state index contributed by atoms with van der Waals surface area (Å²) in [5.74, 6) is 0.861. The second-order valence-electron chi connectivity index (χ2n) is 5.48. The zero-order valence-corrected chi connectivity index (χ0v) is 12.6. The minimum atomic E-state index is -0.750. The van der Waals surface area contributed by atoms with Crippen molar-refractivity contribution < 1.29 is 14.6 Å². The fraction of sp³-hybridized carbons (Fsp3) is 0.625. The van der Waals surface area contributed by atoms with Gasteiger partial charge >= 0.3 is 0 Å². The molecule has 4 heteroatoms. The molecule has 0 aromatic heterocycles. The molecule has 2 N–H and O–H groups in total. The quantitative estimate of drug-likeness (QED) is 0.839. The summed E-state index contributed by atoms with van der Waals surface area (Å²) < 4.78 is 10.6. The molecular weight excluding hydrogens is 254 g/mol. The average molecular weight is 279 g/mol. The van der Waals surface area contributed by atoms with Gasteiger partial charge in [0.05, 0.1) is 13.2 Å². The Bertz CT molecular complexity index is 420. The molecule has 1 aromatic rings. The van der Waals surface area contributed by atoms with Gasteiger partial charge in [0, 0.05) is 25.6 Å². The Hall–Kier alpha value is -1.10. The smallest absolute Gasteiger partial charge is 0.118 e. The number of ether oxygens (including phenoxy) is 2. The standard InChI is InChI=1S/C16H25NO3/c1-4-15(13-5-7-14(19-3)8-6-13)17-11-16(18)9-10-20-12(16)2/h5-8,12,15,17-18H,4,9-11H2,1-3H3. The monoisotopic (exact) mass is 279 g/mol. The van der Waals surface area contributed by atoms with E-state index in [-0.39, 0.29) is 12.1 Å². The van der Waals surface area contributed by atoms with E-state index in [0.29, 0.717) is 19.6 Å². The van der Waals surface area contributed by atoms with Crippen LogP contribution < -0.4 is 10.1 Å². The topological polar surface area (TPSA) is 50.7 Å². The van der Waals surface area contributed by atoms with Crippen LogP contribution in [0.2, 0.25) is 0 Å². The van der Waals surface area contributed by atoms with Crippen LogP contribution in [0.25, 0.3) is 0 Å². The van der Waals surface area contributed by atoms with E-state index in [1.807, 2.05) is 19.1 Å². The minimum absolute atomic E-state index is 0.108. The molecule has 1 fully saturated rings. The molecule has 3 unspecified atom stereocenters. The lowest BCUT2D eigenvalue weighted by atomic mass is 9.95. The minimum Gasteiger partial charge on any atom is -0.497 e. The summed E-state index contributed by atoms with van der Waals surface area (Å²) in [6, 6.07) is 8.31. The third-order valence-electron chi connectivity index (χ3n) is 4.24. The number of benzene rings is 1. The van der Waals surface area contributed by atoms with Crippen molar-refractivity contribution in [2.24, 2.45) is 0 Å². The first-order valence-corrected chi connectivity index (χ1v) is 7.30. The van der Waals surface area contributed by atoms with Gasteiger partial charge in [-0.3, -0.25) is 0 Å². The fourth-order valence-electron chi connectivity index (χ4n) is 2.64. The van der Waals surface area contributed by atoms with Crippen LogP contribution in [0, 0.1) is 0 Å². The van der Waals surface area contributed by atoms with Gasteiger partial charge in [-0.05, 0) is 31.0 Å². The Morgan fingerprint density at radius 3 is 2.65 bits per heavy atom. The second-order valence-corrected chi connectivity index (χ2v) is 5.48. The first kappa shape index (κ1) is 15.3. The maximum atomic E-state index is 10.5. The van der Waals surface area contributed by atoms with Crippen LogP contribution >= 0.6 is 0 Å². The molecule has 112 valence electrons. The SMILES string of the molecule is CCC(NCC1(O)CCOC1C)c1ccc(OC)cc1. The molecule has 1 aliphatic rings. The van der Waals surface area contributed by atoms with Gasteiger partial charge in [0.1, 0.15) is 11.4 Å². The lowest BCUT2D eigenvalue weighted by molar-refractivity contribution is -0.0277. The summed E-state index contributed by atoms with van der Waals surface area (Å²) in [6.45, 7) is 5.26. The van der Waals surface area contributed by atoms with Crippen molar-refractivity contribution in [3.05, 3.63) is 29.8 Å². The number of nitrogens with one attached hydrogen (secondary N) is 1. The highest BCUT2D eigenvalue weighted by molar-refractivity contribution is 5.29. The van der Waals surface area contributed by atoms with Crippen LogP contribution in [0.5, 0.6) is 5.75 Å². The molecule has 4 nitrogen and oxygen atoms in total. The van der Waals surface area contributed by atoms with E-state index in [4.69, 9.17) is 9.47 Å². The van der Waals surface area contributed by atoms with E-state index in [0.717, 1.165) is 12.2 Å². The van der Waals surface area contributed by atoms with Crippen LogP contribution in [0.3, 0.4) is 0 Å². The van der Waals surface area contributed by atoms with Gasteiger partial charge in [-0.2, -0.15) is 0 Å². The average Bonchev–Trinajstić information content (AvgIpc) is 2.80. The van der Waals surface area contributed by atoms with Crippen LogP contribution in [-0.4, -0.2) is 37.1 Å². The Morgan fingerprint density at radius 1 is 1.45 bits per heavy atom. The molecule has 0 radical (unpaired) electrons. The number of methoxy groups -OCH3 is 1. The third-order valence-corrected chi connectivity index (χ3v) is 4.24. The maximum Gasteiger partial charge on any atom is 0.118 e. The van der Waals surface area contributed by atoms with Crippen molar-refractivity contribution in [3.8, 4) is 5.75 Å². The van der Waals surface area contributed by atoms with Gasteiger partial charge in [0.2, 0.25) is 0 Å². The fourth-order valence-corrected chi connectivity index (χ4v) is 2.64. The highest BCUT2D eigenvalue weighted by atomic mass is 16.5. The number of hydrogen-bond acceptors (Lipinski definition) is 4. The predicted octanol–water partition coefficient (Wildman–Crippen LogP) is 2.28. The van der Waals surface area contributed by atoms with E-state index < -0.39 is 5.60 Å². The first-order chi connectivity index (χ1) is 9.59. The van der Waals surface area contributed by atoms with Crippen LogP contribution in [0.4, 0.5) is 0 Å². The van der Waals surface area contributed by atoms with E-state index >= 15 is 0 Å². The highest BCUT2D eigenvalue weighted by Crippen LogP contribution is 2.27. The zero-order chi connectivity index (χ0) is 14.6. The van der Waals surface area contributed by atoms with E-state index in [1.165, 1.54) is 5.56 Å². The van der Waals surface area contributed by atoms with Gasteiger partial charge in [0.15, 0.2) is 0 Å². The van der Waals surface area contributed by atoms with Gasteiger partial charge in [-0.1, -0.05) is 19.1 Å². The van der Waals surface area contributed by atoms with Gasteiger partial charge < -0.3 is 19.9 Å². The Balaban J connectivity index is 1.98. The summed E-state index contributed by atoms with van der Waals surface area (Å²) >= 11 is 0. The second kappa shape index (κ2) is 6.57. The number of hydrogen-bond donors (Lipinski definition) is 2. The zero-order valence-electron chi connectivity index (χ0n) is 12.6. The first-order valence-electron chi connectivity index (χ1n) is 7.30. The molecule has 2 rings (SSSR count). The highest BCUT2D eigenvalue weighted by Gasteiger charge is 2.39. The Morgan fingerprint density at radius 2 is 2.15 bits per heavy atom. The molecule has 0 spiro atoms. The van der Waals surface area contributed by atoms with Crippen molar-refractivity contribution in [1.29, 1.82) is 0 Å². The molecule has 1 heterocycles. The van der Waals surface area contributed by atoms with E-state index in [1.54, 1.807) is 7.11 Å². The van der Waals surface area contributed by atoms with Crippen molar-refractivity contribution in [2.45, 2.75) is 44.4 Å². The molecule has 20 heavy (non-hydrogen) atoms. The largest absolute Gasteiger partial charge is 0.497 e. The van der Waals surface area contributed by atoms with Crippen molar-refractivity contribution in [3.63, 3.8) is 0 Å². The maximum absolute atomic E-state index is 10.5. The van der Waals surface area contributed by atoms with Crippen LogP contribution in [-0.2, 0) is 4.74 Å². The molecular formula is C16H25NO3. The van der Waals surface area contributed by atoms with Crippen LogP contribution in [0.15, 0.2) is 24.3 Å². The number of rotatable bonds is 6. The lowest BCUT2D eigenvalue weighted by Crippen LogP contribution is -2.46. The molecule has 1 saturated heterocycles. The molecule has 1 aromatic carbocycles. The van der Waals surface area contributed by atoms with Gasteiger partial charge in [-0.25, -0.2) is 0 Å². The summed E-state index contributed by atoms with van der Waals surface area (Å²) in [4.78, 5) is 0. The molecule has 3 atom stereocenters. The molecule has 0 saturated carbocycles. The molecule has 0 bridgehead atoms. The van der Waals surface area contributed by atoms with Crippen LogP contribution in [0.1, 0.15) is 38.3 Å². The van der Waals surface area contributed by atoms with Crippen molar-refractivity contribution >= 4 is 0 Å². The summed E-state index contributed by atoms with van der Waals surface area (Å²) in [6.07, 6.45) is 1.56. The predicted molar refractivity (Wildman–Crippen MR) is 79.0 cm³/mol. The summed E-state index contributed by atoms with van der Waals surface area (Å²) in [5.41, 5.74) is 0.461.